The molecular formula is C16H23ClN2O. The number of benzene rings is 1. The maximum absolute atomic E-state index is 6.25. The molecule has 2 atom stereocenters. The summed E-state index contributed by atoms with van der Waals surface area (Å²) in [6, 6.07) is 4.77. The summed E-state index contributed by atoms with van der Waals surface area (Å²) in [5, 5.41) is 0.818. The normalized spacial score (nSPS) is 24.2. The fraction of sp³-hybridized carbons (Fsp3) is 0.625. The van der Waals surface area contributed by atoms with Gasteiger partial charge in [0.1, 0.15) is 5.75 Å². The average Bonchev–Trinajstić information content (AvgIpc) is 2.87. The van der Waals surface area contributed by atoms with E-state index in [9.17, 15) is 0 Å². The van der Waals surface area contributed by atoms with Gasteiger partial charge in [-0.05, 0) is 44.0 Å². The molecule has 1 aromatic rings. The highest BCUT2D eigenvalue weighted by Crippen LogP contribution is 2.34. The number of piperidine rings is 1. The van der Waals surface area contributed by atoms with Crippen molar-refractivity contribution in [2.24, 2.45) is 5.73 Å². The zero-order valence-electron chi connectivity index (χ0n) is 12.1. The van der Waals surface area contributed by atoms with Crippen LogP contribution in [0.4, 0.5) is 0 Å². The van der Waals surface area contributed by atoms with E-state index in [1.165, 1.54) is 30.4 Å². The molecule has 2 N–H and O–H groups in total. The molecule has 0 amide bonds. The molecule has 4 heteroatoms. The van der Waals surface area contributed by atoms with Gasteiger partial charge in [0.25, 0.3) is 0 Å². The second-order valence-corrected chi connectivity index (χ2v) is 6.48. The predicted molar refractivity (Wildman–Crippen MR) is 82.3 cm³/mol. The highest BCUT2D eigenvalue weighted by Gasteiger charge is 2.27. The van der Waals surface area contributed by atoms with E-state index in [-0.39, 0.29) is 6.04 Å². The third kappa shape index (κ3) is 2.80. The summed E-state index contributed by atoms with van der Waals surface area (Å²) in [5.74, 6) is 1.06. The van der Waals surface area contributed by atoms with E-state index in [1.807, 2.05) is 6.07 Å². The van der Waals surface area contributed by atoms with Crippen LogP contribution in [0.1, 0.15) is 37.3 Å². The molecular weight excluding hydrogens is 272 g/mol. The van der Waals surface area contributed by atoms with Crippen LogP contribution in [0.25, 0.3) is 0 Å². The summed E-state index contributed by atoms with van der Waals surface area (Å²) in [5.41, 5.74) is 8.63. The highest BCUT2D eigenvalue weighted by molar-refractivity contribution is 6.30. The molecule has 0 saturated carbocycles. The molecule has 2 aliphatic rings. The maximum atomic E-state index is 6.25. The summed E-state index contributed by atoms with van der Waals surface area (Å²) < 4.78 is 5.81. The number of hydrogen-bond donors (Lipinski definition) is 1. The van der Waals surface area contributed by atoms with Crippen molar-refractivity contribution in [2.45, 2.75) is 51.2 Å². The van der Waals surface area contributed by atoms with Crippen molar-refractivity contribution < 1.29 is 4.74 Å². The van der Waals surface area contributed by atoms with E-state index < -0.39 is 0 Å². The number of nitrogens with two attached hydrogens (primary N) is 1. The number of halogens is 1. The Morgan fingerprint density at radius 1 is 1.45 bits per heavy atom. The van der Waals surface area contributed by atoms with E-state index in [1.54, 1.807) is 0 Å². The molecule has 1 fully saturated rings. The van der Waals surface area contributed by atoms with Gasteiger partial charge in [-0.1, -0.05) is 18.0 Å². The van der Waals surface area contributed by atoms with Crippen molar-refractivity contribution in [1.29, 1.82) is 0 Å². The summed E-state index contributed by atoms with van der Waals surface area (Å²) in [4.78, 5) is 2.50. The Kier molecular flexibility index (Phi) is 4.20. The SMILES string of the molecule is CC(N)C1CCCCN1Cc1cc(Cl)cc2c1OCC2. The first-order chi connectivity index (χ1) is 9.65. The lowest BCUT2D eigenvalue weighted by atomic mass is 9.96. The zero-order valence-corrected chi connectivity index (χ0v) is 12.8. The third-order valence-corrected chi connectivity index (χ3v) is 4.69. The molecule has 3 rings (SSSR count). The molecule has 0 aromatic heterocycles. The Morgan fingerprint density at radius 3 is 3.10 bits per heavy atom. The minimum atomic E-state index is 0.212. The molecule has 3 nitrogen and oxygen atoms in total. The van der Waals surface area contributed by atoms with Crippen LogP contribution < -0.4 is 10.5 Å². The summed E-state index contributed by atoms with van der Waals surface area (Å²) >= 11 is 6.25. The van der Waals surface area contributed by atoms with Crippen molar-refractivity contribution in [2.75, 3.05) is 13.2 Å². The monoisotopic (exact) mass is 294 g/mol. The maximum Gasteiger partial charge on any atom is 0.127 e. The Labute approximate surface area is 126 Å². The zero-order chi connectivity index (χ0) is 14.1. The van der Waals surface area contributed by atoms with E-state index >= 15 is 0 Å². The van der Waals surface area contributed by atoms with Gasteiger partial charge in [-0.2, -0.15) is 0 Å². The first kappa shape index (κ1) is 14.2. The Hall–Kier alpha value is -0.770. The standard InChI is InChI=1S/C16H23ClN2O/c1-11(18)15-4-2-3-6-19(15)10-13-9-14(17)8-12-5-7-20-16(12)13/h8-9,11,15H,2-7,10,18H2,1H3. The number of likely N-dealkylation sites (tertiary alicyclic amines) is 1. The molecule has 1 aromatic carbocycles. The van der Waals surface area contributed by atoms with Crippen LogP contribution >= 0.6 is 11.6 Å². The summed E-state index contributed by atoms with van der Waals surface area (Å²) in [7, 11) is 0. The lowest BCUT2D eigenvalue weighted by molar-refractivity contribution is 0.122. The van der Waals surface area contributed by atoms with Crippen LogP contribution in [0.3, 0.4) is 0 Å². The number of rotatable bonds is 3. The van der Waals surface area contributed by atoms with Crippen LogP contribution in [0.2, 0.25) is 5.02 Å². The van der Waals surface area contributed by atoms with Gasteiger partial charge < -0.3 is 10.5 Å². The highest BCUT2D eigenvalue weighted by atomic mass is 35.5. The van der Waals surface area contributed by atoms with Crippen molar-refractivity contribution in [1.82, 2.24) is 4.90 Å². The average molecular weight is 295 g/mol. The van der Waals surface area contributed by atoms with Gasteiger partial charge in [-0.15, -0.1) is 0 Å². The smallest absolute Gasteiger partial charge is 0.127 e. The quantitative estimate of drug-likeness (QED) is 0.931. The summed E-state index contributed by atoms with van der Waals surface area (Å²) in [6.45, 7) is 4.91. The van der Waals surface area contributed by atoms with Crippen molar-refractivity contribution >= 4 is 11.6 Å². The minimum absolute atomic E-state index is 0.212. The predicted octanol–water partition coefficient (Wildman–Crippen LogP) is 2.98. The Bertz CT molecular complexity index is 490. The van der Waals surface area contributed by atoms with Crippen LogP contribution in [0.5, 0.6) is 5.75 Å². The van der Waals surface area contributed by atoms with Crippen LogP contribution in [-0.4, -0.2) is 30.1 Å². The molecule has 1 saturated heterocycles. The molecule has 0 aliphatic carbocycles. The first-order valence-corrected chi connectivity index (χ1v) is 7.96. The number of hydrogen-bond acceptors (Lipinski definition) is 3. The molecule has 2 unspecified atom stereocenters. The van der Waals surface area contributed by atoms with E-state index in [4.69, 9.17) is 22.1 Å². The second-order valence-electron chi connectivity index (χ2n) is 6.04. The van der Waals surface area contributed by atoms with Gasteiger partial charge in [0, 0.05) is 35.6 Å². The van der Waals surface area contributed by atoms with Crippen molar-refractivity contribution in [3.63, 3.8) is 0 Å². The first-order valence-electron chi connectivity index (χ1n) is 7.59. The van der Waals surface area contributed by atoms with Gasteiger partial charge in [0.15, 0.2) is 0 Å². The minimum Gasteiger partial charge on any atom is -0.493 e. The topological polar surface area (TPSA) is 38.5 Å². The largest absolute Gasteiger partial charge is 0.493 e. The van der Waals surface area contributed by atoms with Crippen LogP contribution in [0, 0.1) is 0 Å². The fourth-order valence-electron chi connectivity index (χ4n) is 3.49. The van der Waals surface area contributed by atoms with Crippen molar-refractivity contribution in [3.05, 3.63) is 28.3 Å². The van der Waals surface area contributed by atoms with E-state index in [0.717, 1.165) is 36.9 Å². The number of nitrogens with zero attached hydrogens (tertiary/aromatic N) is 1. The van der Waals surface area contributed by atoms with Crippen LogP contribution in [0.15, 0.2) is 12.1 Å². The van der Waals surface area contributed by atoms with Crippen molar-refractivity contribution in [3.8, 4) is 5.75 Å². The van der Waals surface area contributed by atoms with Gasteiger partial charge in [0.2, 0.25) is 0 Å². The molecule has 110 valence electrons. The lowest BCUT2D eigenvalue weighted by Gasteiger charge is -2.38. The molecule has 20 heavy (non-hydrogen) atoms. The second kappa shape index (κ2) is 5.92. The Balaban J connectivity index is 1.83. The van der Waals surface area contributed by atoms with E-state index in [2.05, 4.69) is 17.9 Å². The van der Waals surface area contributed by atoms with E-state index in [0.29, 0.717) is 6.04 Å². The van der Waals surface area contributed by atoms with Crippen LogP contribution in [-0.2, 0) is 13.0 Å². The molecule has 0 spiro atoms. The molecule has 2 heterocycles. The molecule has 0 radical (unpaired) electrons. The van der Waals surface area contributed by atoms with Gasteiger partial charge in [-0.3, -0.25) is 4.90 Å². The van der Waals surface area contributed by atoms with Gasteiger partial charge >= 0.3 is 0 Å². The number of fused-ring (bicyclic) bond motifs is 1. The number of ether oxygens (including phenoxy) is 1. The van der Waals surface area contributed by atoms with Gasteiger partial charge in [-0.25, -0.2) is 0 Å². The lowest BCUT2D eigenvalue weighted by Crippen LogP contribution is -2.48. The Morgan fingerprint density at radius 2 is 2.30 bits per heavy atom. The third-order valence-electron chi connectivity index (χ3n) is 4.47. The van der Waals surface area contributed by atoms with Gasteiger partial charge in [0.05, 0.1) is 6.61 Å². The molecule has 0 bridgehead atoms. The molecule has 2 aliphatic heterocycles. The summed E-state index contributed by atoms with van der Waals surface area (Å²) in [6.07, 6.45) is 4.71. The fourth-order valence-corrected chi connectivity index (χ4v) is 3.75.